The lowest BCUT2D eigenvalue weighted by Crippen LogP contribution is -2.47. The number of ketones is 1. The van der Waals surface area contributed by atoms with Gasteiger partial charge in [0.05, 0.1) is 0 Å². The molecule has 4 saturated carbocycles. The fourth-order valence-corrected chi connectivity index (χ4v) is 6.07. The van der Waals surface area contributed by atoms with Gasteiger partial charge in [0.15, 0.2) is 0 Å². The van der Waals surface area contributed by atoms with Crippen molar-refractivity contribution in [2.24, 2.45) is 23.2 Å². The first-order valence-electron chi connectivity index (χ1n) is 8.36. The molecule has 21 heavy (non-hydrogen) atoms. The Balaban J connectivity index is 1.45. The molecular weight excluding hydrogens is 280 g/mol. The van der Waals surface area contributed by atoms with Gasteiger partial charge in [0.1, 0.15) is 5.78 Å². The summed E-state index contributed by atoms with van der Waals surface area (Å²) in [6.07, 6.45) is 9.66. The minimum absolute atomic E-state index is 0.365. The summed E-state index contributed by atoms with van der Waals surface area (Å²) in [7, 11) is 0. The molecule has 0 N–H and O–H groups in total. The van der Waals surface area contributed by atoms with Crippen LogP contribution in [0.2, 0.25) is 5.02 Å². The van der Waals surface area contributed by atoms with Crippen LogP contribution in [0.25, 0.3) is 0 Å². The second kappa shape index (κ2) is 5.12. The molecule has 2 heteroatoms. The molecule has 4 fully saturated rings. The number of carbonyl (C=O) groups is 1. The average molecular weight is 303 g/mol. The Labute approximate surface area is 132 Å². The molecule has 4 aliphatic rings. The molecule has 0 aliphatic heterocycles. The van der Waals surface area contributed by atoms with Gasteiger partial charge < -0.3 is 0 Å². The first kappa shape index (κ1) is 13.8. The van der Waals surface area contributed by atoms with E-state index in [1.165, 1.54) is 38.5 Å². The molecule has 0 spiro atoms. The minimum atomic E-state index is 0.365. The topological polar surface area (TPSA) is 17.1 Å². The van der Waals surface area contributed by atoms with E-state index in [4.69, 9.17) is 11.6 Å². The van der Waals surface area contributed by atoms with Crippen molar-refractivity contribution in [3.8, 4) is 0 Å². The van der Waals surface area contributed by atoms with Crippen molar-refractivity contribution in [2.45, 2.75) is 51.4 Å². The Bertz CT molecular complexity index is 527. The summed E-state index contributed by atoms with van der Waals surface area (Å²) in [5.41, 5.74) is 1.43. The van der Waals surface area contributed by atoms with Crippen LogP contribution in [-0.2, 0) is 11.2 Å². The van der Waals surface area contributed by atoms with Gasteiger partial charge in [-0.1, -0.05) is 23.7 Å². The Morgan fingerprint density at radius 2 is 1.71 bits per heavy atom. The van der Waals surface area contributed by atoms with Gasteiger partial charge in [-0.25, -0.2) is 0 Å². The van der Waals surface area contributed by atoms with Crippen LogP contribution in [0.3, 0.4) is 0 Å². The molecule has 112 valence electrons. The standard InChI is InChI=1S/C19H23ClO/c20-17-3-1-2-13(7-17)8-18(21)12-19-9-14-4-15(10-19)6-16(5-14)11-19/h1-3,7,14-16H,4-6,8-12H2. The van der Waals surface area contributed by atoms with E-state index in [-0.39, 0.29) is 0 Å². The van der Waals surface area contributed by atoms with E-state index >= 15 is 0 Å². The summed E-state index contributed by atoms with van der Waals surface area (Å²) in [5.74, 6) is 3.19. The van der Waals surface area contributed by atoms with Crippen molar-refractivity contribution in [1.29, 1.82) is 0 Å². The first-order chi connectivity index (χ1) is 10.1. The zero-order valence-electron chi connectivity index (χ0n) is 12.5. The molecule has 0 atom stereocenters. The Kier molecular flexibility index (Phi) is 3.37. The van der Waals surface area contributed by atoms with Crippen molar-refractivity contribution in [2.75, 3.05) is 0 Å². The highest BCUT2D eigenvalue weighted by Gasteiger charge is 2.51. The van der Waals surface area contributed by atoms with E-state index < -0.39 is 0 Å². The van der Waals surface area contributed by atoms with Gasteiger partial charge in [-0.3, -0.25) is 4.79 Å². The van der Waals surface area contributed by atoms with E-state index in [0.717, 1.165) is 34.8 Å². The van der Waals surface area contributed by atoms with Crippen LogP contribution in [0.5, 0.6) is 0 Å². The summed E-state index contributed by atoms with van der Waals surface area (Å²) in [5, 5.41) is 0.732. The molecule has 5 rings (SSSR count). The smallest absolute Gasteiger partial charge is 0.137 e. The lowest BCUT2D eigenvalue weighted by molar-refractivity contribution is -0.126. The lowest BCUT2D eigenvalue weighted by Gasteiger charge is -2.56. The zero-order valence-corrected chi connectivity index (χ0v) is 13.2. The Morgan fingerprint density at radius 1 is 1.10 bits per heavy atom. The summed E-state index contributed by atoms with van der Waals surface area (Å²) >= 11 is 6.02. The lowest BCUT2D eigenvalue weighted by atomic mass is 9.48. The number of rotatable bonds is 4. The van der Waals surface area contributed by atoms with Crippen LogP contribution in [0, 0.1) is 23.2 Å². The molecule has 0 unspecified atom stereocenters. The Morgan fingerprint density at radius 3 is 2.29 bits per heavy atom. The summed E-state index contributed by atoms with van der Waals surface area (Å²) in [4.78, 5) is 12.6. The van der Waals surface area contributed by atoms with Crippen LogP contribution in [0.15, 0.2) is 24.3 Å². The van der Waals surface area contributed by atoms with Crippen LogP contribution in [0.1, 0.15) is 50.5 Å². The third-order valence-electron chi connectivity index (χ3n) is 6.03. The maximum absolute atomic E-state index is 12.6. The van der Waals surface area contributed by atoms with Gasteiger partial charge in [0.2, 0.25) is 0 Å². The monoisotopic (exact) mass is 302 g/mol. The molecule has 1 aromatic carbocycles. The highest BCUT2D eigenvalue weighted by Crippen LogP contribution is 2.61. The second-order valence-electron chi connectivity index (χ2n) is 7.94. The highest BCUT2D eigenvalue weighted by molar-refractivity contribution is 6.30. The van der Waals surface area contributed by atoms with Crippen molar-refractivity contribution in [1.82, 2.24) is 0 Å². The van der Waals surface area contributed by atoms with E-state index in [9.17, 15) is 4.79 Å². The SMILES string of the molecule is O=C(Cc1cccc(Cl)c1)CC12CC3CC(CC(C3)C1)C2. The van der Waals surface area contributed by atoms with Crippen molar-refractivity contribution < 1.29 is 4.79 Å². The van der Waals surface area contributed by atoms with Gasteiger partial charge in [-0.05, 0) is 79.4 Å². The van der Waals surface area contributed by atoms with E-state index in [2.05, 4.69) is 0 Å². The second-order valence-corrected chi connectivity index (χ2v) is 8.38. The molecule has 0 aromatic heterocycles. The molecule has 0 amide bonds. The van der Waals surface area contributed by atoms with Gasteiger partial charge in [-0.2, -0.15) is 0 Å². The zero-order chi connectivity index (χ0) is 14.4. The summed E-state index contributed by atoms with van der Waals surface area (Å²) in [6, 6.07) is 7.76. The predicted molar refractivity (Wildman–Crippen MR) is 85.4 cm³/mol. The largest absolute Gasteiger partial charge is 0.299 e. The van der Waals surface area contributed by atoms with Crippen LogP contribution in [0.4, 0.5) is 0 Å². The molecule has 0 heterocycles. The third-order valence-corrected chi connectivity index (χ3v) is 6.26. The number of hydrogen-bond acceptors (Lipinski definition) is 1. The van der Waals surface area contributed by atoms with Crippen molar-refractivity contribution >= 4 is 17.4 Å². The highest BCUT2D eigenvalue weighted by atomic mass is 35.5. The van der Waals surface area contributed by atoms with E-state index in [1.54, 1.807) is 0 Å². The average Bonchev–Trinajstić information content (AvgIpc) is 2.35. The molecular formula is C19H23ClO. The molecule has 4 bridgehead atoms. The number of benzene rings is 1. The Hall–Kier alpha value is -0.820. The van der Waals surface area contributed by atoms with Crippen LogP contribution in [-0.4, -0.2) is 5.78 Å². The molecule has 1 nitrogen and oxygen atoms in total. The number of carbonyl (C=O) groups excluding carboxylic acids is 1. The quantitative estimate of drug-likeness (QED) is 0.760. The summed E-state index contributed by atoms with van der Waals surface area (Å²) < 4.78 is 0. The minimum Gasteiger partial charge on any atom is -0.299 e. The molecule has 1 aromatic rings. The predicted octanol–water partition coefficient (Wildman–Crippen LogP) is 5.06. The third kappa shape index (κ3) is 2.77. The van der Waals surface area contributed by atoms with Crippen LogP contribution < -0.4 is 0 Å². The van der Waals surface area contributed by atoms with Gasteiger partial charge in [0, 0.05) is 17.9 Å². The molecule has 4 aliphatic carbocycles. The van der Waals surface area contributed by atoms with E-state index in [0.29, 0.717) is 17.6 Å². The molecule has 0 radical (unpaired) electrons. The number of Topliss-reactive ketones (excluding diaryl/α,β-unsaturated/α-hetero) is 1. The van der Waals surface area contributed by atoms with Crippen molar-refractivity contribution in [3.05, 3.63) is 34.9 Å². The van der Waals surface area contributed by atoms with E-state index in [1.807, 2.05) is 24.3 Å². The number of halogens is 1. The van der Waals surface area contributed by atoms with Gasteiger partial charge >= 0.3 is 0 Å². The van der Waals surface area contributed by atoms with Crippen molar-refractivity contribution in [3.63, 3.8) is 0 Å². The summed E-state index contributed by atoms with van der Waals surface area (Å²) in [6.45, 7) is 0. The van der Waals surface area contributed by atoms with Gasteiger partial charge in [0.25, 0.3) is 0 Å². The normalized spacial score (nSPS) is 36.9. The maximum atomic E-state index is 12.6. The fraction of sp³-hybridized carbons (Fsp3) is 0.632. The fourth-order valence-electron chi connectivity index (χ4n) is 5.86. The first-order valence-corrected chi connectivity index (χ1v) is 8.74. The maximum Gasteiger partial charge on any atom is 0.137 e. The number of hydrogen-bond donors (Lipinski definition) is 0. The van der Waals surface area contributed by atoms with Gasteiger partial charge in [-0.15, -0.1) is 0 Å². The van der Waals surface area contributed by atoms with Crippen LogP contribution >= 0.6 is 11.6 Å². The molecule has 0 saturated heterocycles.